The normalized spacial score (nSPS) is 20.4. The molecular formula is C22H35NO4. The molecule has 1 aromatic carbocycles. The van der Waals surface area contributed by atoms with Crippen molar-refractivity contribution in [2.45, 2.75) is 84.6 Å². The van der Waals surface area contributed by atoms with E-state index in [-0.39, 0.29) is 17.5 Å². The van der Waals surface area contributed by atoms with Crippen molar-refractivity contribution in [1.29, 1.82) is 0 Å². The first kappa shape index (κ1) is 21.9. The van der Waals surface area contributed by atoms with Gasteiger partial charge in [-0.1, -0.05) is 44.2 Å². The van der Waals surface area contributed by atoms with Crippen LogP contribution in [0.4, 0.5) is 0 Å². The van der Waals surface area contributed by atoms with Crippen molar-refractivity contribution in [3.8, 4) is 0 Å². The maximum Gasteiger partial charge on any atom is 0.306 e. The van der Waals surface area contributed by atoms with Gasteiger partial charge in [0.25, 0.3) is 0 Å². The molecule has 1 fully saturated rings. The van der Waals surface area contributed by atoms with Gasteiger partial charge < -0.3 is 14.7 Å². The Bertz CT molecular complexity index is 606. The van der Waals surface area contributed by atoms with Gasteiger partial charge in [-0.05, 0) is 38.7 Å². The van der Waals surface area contributed by atoms with E-state index in [2.05, 4.69) is 0 Å². The molecule has 2 rings (SSSR count). The molecule has 152 valence electrons. The third-order valence-electron chi connectivity index (χ3n) is 5.13. The topological polar surface area (TPSA) is 59.0 Å². The lowest BCUT2D eigenvalue weighted by atomic mass is 9.80. The van der Waals surface area contributed by atoms with Crippen LogP contribution in [-0.2, 0) is 20.9 Å². The van der Waals surface area contributed by atoms with Crippen molar-refractivity contribution in [2.75, 3.05) is 6.61 Å². The third-order valence-corrected chi connectivity index (χ3v) is 5.13. The molecule has 1 aliphatic heterocycles. The molecule has 1 saturated heterocycles. The smallest absolute Gasteiger partial charge is 0.306 e. The minimum absolute atomic E-state index is 0.188. The minimum Gasteiger partial charge on any atom is -0.462 e. The number of nitrogens with zero attached hydrogens (tertiary/aromatic N) is 1. The van der Waals surface area contributed by atoms with Gasteiger partial charge in [0.05, 0.1) is 19.6 Å². The zero-order valence-corrected chi connectivity index (χ0v) is 17.6. The first-order valence-corrected chi connectivity index (χ1v) is 9.72. The first-order valence-electron chi connectivity index (χ1n) is 9.72. The standard InChI is InChI=1S/C22H35NO4/c1-20(2,16-26-15-17-10-8-7-9-11-17)14-19(24)27-18-12-21(3,4)23(25)22(5,6)13-18/h7-11,18,25H,12-16H2,1-6H3. The van der Waals surface area contributed by atoms with E-state index in [4.69, 9.17) is 9.47 Å². The lowest BCUT2D eigenvalue weighted by Crippen LogP contribution is -2.60. The summed E-state index contributed by atoms with van der Waals surface area (Å²) >= 11 is 0. The van der Waals surface area contributed by atoms with Gasteiger partial charge in [0.15, 0.2) is 0 Å². The summed E-state index contributed by atoms with van der Waals surface area (Å²) in [6, 6.07) is 10.0. The van der Waals surface area contributed by atoms with Crippen LogP contribution in [-0.4, -0.2) is 40.0 Å². The quantitative estimate of drug-likeness (QED) is 0.705. The Labute approximate surface area is 163 Å². The van der Waals surface area contributed by atoms with Crippen LogP contribution in [0, 0.1) is 5.41 Å². The number of benzene rings is 1. The van der Waals surface area contributed by atoms with Crippen LogP contribution in [0.5, 0.6) is 0 Å². The lowest BCUT2D eigenvalue weighted by molar-refractivity contribution is -0.259. The van der Waals surface area contributed by atoms with Crippen LogP contribution < -0.4 is 0 Å². The fourth-order valence-electron chi connectivity index (χ4n) is 3.95. The van der Waals surface area contributed by atoms with Crippen LogP contribution in [0.15, 0.2) is 30.3 Å². The molecule has 0 aromatic heterocycles. The number of esters is 1. The molecule has 0 atom stereocenters. The van der Waals surface area contributed by atoms with E-state index >= 15 is 0 Å². The summed E-state index contributed by atoms with van der Waals surface area (Å²) in [7, 11) is 0. The predicted molar refractivity (Wildman–Crippen MR) is 105 cm³/mol. The van der Waals surface area contributed by atoms with E-state index in [1.807, 2.05) is 71.9 Å². The summed E-state index contributed by atoms with van der Waals surface area (Å²) in [5, 5.41) is 11.8. The van der Waals surface area contributed by atoms with Crippen molar-refractivity contribution in [3.63, 3.8) is 0 Å². The number of piperidine rings is 1. The second-order valence-electron chi connectivity index (χ2n) is 9.78. The summed E-state index contributed by atoms with van der Waals surface area (Å²) in [6.07, 6.45) is 1.35. The van der Waals surface area contributed by atoms with Crippen molar-refractivity contribution in [2.24, 2.45) is 5.41 Å². The Hall–Kier alpha value is -1.43. The maximum atomic E-state index is 12.5. The number of ether oxygens (including phenoxy) is 2. The van der Waals surface area contributed by atoms with E-state index in [0.29, 0.717) is 32.5 Å². The molecule has 1 aliphatic rings. The van der Waals surface area contributed by atoms with E-state index in [1.165, 1.54) is 5.06 Å². The Balaban J connectivity index is 1.83. The molecule has 1 heterocycles. The Morgan fingerprint density at radius 3 is 2.26 bits per heavy atom. The summed E-state index contributed by atoms with van der Waals surface area (Å²) < 4.78 is 11.6. The maximum absolute atomic E-state index is 12.5. The largest absolute Gasteiger partial charge is 0.462 e. The van der Waals surface area contributed by atoms with Crippen LogP contribution in [0.25, 0.3) is 0 Å². The molecule has 27 heavy (non-hydrogen) atoms. The zero-order valence-electron chi connectivity index (χ0n) is 17.6. The summed E-state index contributed by atoms with van der Waals surface area (Å²) in [6.45, 7) is 12.9. The Morgan fingerprint density at radius 2 is 1.70 bits per heavy atom. The highest BCUT2D eigenvalue weighted by Gasteiger charge is 2.46. The summed E-state index contributed by atoms with van der Waals surface area (Å²) in [5.74, 6) is -0.202. The van der Waals surface area contributed by atoms with E-state index in [9.17, 15) is 10.0 Å². The van der Waals surface area contributed by atoms with Crippen molar-refractivity contribution in [1.82, 2.24) is 5.06 Å². The average Bonchev–Trinajstić information content (AvgIpc) is 2.52. The van der Waals surface area contributed by atoms with Gasteiger partial charge in [-0.15, -0.1) is 0 Å². The monoisotopic (exact) mass is 377 g/mol. The number of hydrogen-bond donors (Lipinski definition) is 1. The molecule has 5 heteroatoms. The number of carbonyl (C=O) groups excluding carboxylic acids is 1. The molecule has 0 amide bonds. The van der Waals surface area contributed by atoms with Crippen LogP contribution in [0.1, 0.15) is 66.4 Å². The van der Waals surface area contributed by atoms with E-state index in [0.717, 1.165) is 5.56 Å². The molecule has 0 radical (unpaired) electrons. The minimum atomic E-state index is -0.430. The predicted octanol–water partition coefficient (Wildman–Crippen LogP) is 4.57. The van der Waals surface area contributed by atoms with Crippen molar-refractivity contribution < 1.29 is 19.5 Å². The molecule has 1 N–H and O–H groups in total. The molecule has 0 saturated carbocycles. The van der Waals surface area contributed by atoms with Gasteiger partial charge in [0.2, 0.25) is 0 Å². The Kier molecular flexibility index (Phi) is 6.72. The molecule has 5 nitrogen and oxygen atoms in total. The van der Waals surface area contributed by atoms with Gasteiger partial charge >= 0.3 is 5.97 Å². The molecule has 0 spiro atoms. The SMILES string of the molecule is CC(C)(COCc1ccccc1)CC(=O)OC1CC(C)(C)N(O)C(C)(C)C1. The van der Waals surface area contributed by atoms with E-state index < -0.39 is 11.1 Å². The summed E-state index contributed by atoms with van der Waals surface area (Å²) in [4.78, 5) is 12.5. The molecule has 0 unspecified atom stereocenters. The number of hydrogen-bond acceptors (Lipinski definition) is 5. The highest BCUT2D eigenvalue weighted by Crippen LogP contribution is 2.38. The zero-order chi connectivity index (χ0) is 20.3. The number of rotatable bonds is 7. The molecule has 0 aliphatic carbocycles. The summed E-state index contributed by atoms with van der Waals surface area (Å²) in [5.41, 5.74) is -0.0348. The Morgan fingerprint density at radius 1 is 1.15 bits per heavy atom. The fraction of sp³-hybridized carbons (Fsp3) is 0.682. The van der Waals surface area contributed by atoms with Crippen molar-refractivity contribution >= 4 is 5.97 Å². The highest BCUT2D eigenvalue weighted by atomic mass is 16.5. The molecule has 0 bridgehead atoms. The van der Waals surface area contributed by atoms with Crippen LogP contribution in [0.2, 0.25) is 0 Å². The number of carbonyl (C=O) groups is 1. The van der Waals surface area contributed by atoms with Crippen LogP contribution in [0.3, 0.4) is 0 Å². The van der Waals surface area contributed by atoms with Crippen LogP contribution >= 0.6 is 0 Å². The average molecular weight is 378 g/mol. The lowest BCUT2D eigenvalue weighted by Gasteiger charge is -2.51. The van der Waals surface area contributed by atoms with Gasteiger partial charge in [0, 0.05) is 23.9 Å². The first-order chi connectivity index (χ1) is 12.4. The van der Waals surface area contributed by atoms with Gasteiger partial charge in [-0.25, -0.2) is 0 Å². The van der Waals surface area contributed by atoms with E-state index in [1.54, 1.807) is 0 Å². The molecule has 1 aromatic rings. The second-order valence-corrected chi connectivity index (χ2v) is 9.78. The van der Waals surface area contributed by atoms with Gasteiger partial charge in [0.1, 0.15) is 6.10 Å². The van der Waals surface area contributed by atoms with Gasteiger partial charge in [-0.2, -0.15) is 5.06 Å². The van der Waals surface area contributed by atoms with Gasteiger partial charge in [-0.3, -0.25) is 4.79 Å². The van der Waals surface area contributed by atoms with Crippen molar-refractivity contribution in [3.05, 3.63) is 35.9 Å². The number of hydroxylamine groups is 2. The third kappa shape index (κ3) is 6.30. The highest BCUT2D eigenvalue weighted by molar-refractivity contribution is 5.70. The molecular weight excluding hydrogens is 342 g/mol. The second kappa shape index (κ2) is 8.29. The fourth-order valence-corrected chi connectivity index (χ4v) is 3.95.